The fourth-order valence-corrected chi connectivity index (χ4v) is 1.08. The fraction of sp³-hybridized carbons (Fsp3) is 0.600. The van der Waals surface area contributed by atoms with Gasteiger partial charge in [-0.15, -0.1) is 0 Å². The first-order chi connectivity index (χ1) is 6.65. The number of aromatic nitrogens is 2. The van der Waals surface area contributed by atoms with Crippen molar-refractivity contribution < 1.29 is 9.84 Å². The third kappa shape index (κ3) is 2.67. The van der Waals surface area contributed by atoms with Crippen molar-refractivity contribution in [3.8, 4) is 5.88 Å². The molecule has 78 valence electrons. The Morgan fingerprint density at radius 1 is 1.43 bits per heavy atom. The minimum Gasteiger partial charge on any atom is -0.478 e. The Bertz CT molecular complexity index is 289. The smallest absolute Gasteiger partial charge is 0.216 e. The number of aliphatic hydroxyl groups is 1. The first kappa shape index (κ1) is 10.9. The summed E-state index contributed by atoms with van der Waals surface area (Å²) in [5, 5.41) is 9.39. The van der Waals surface area contributed by atoms with Gasteiger partial charge in [-0.05, 0) is 13.8 Å². The van der Waals surface area contributed by atoms with Gasteiger partial charge in [0.15, 0.2) is 0 Å². The van der Waals surface area contributed by atoms with E-state index in [-0.39, 0.29) is 5.92 Å². The van der Waals surface area contributed by atoms with Crippen LogP contribution in [0.4, 0.5) is 0 Å². The van der Waals surface area contributed by atoms with Crippen molar-refractivity contribution in [3.63, 3.8) is 0 Å². The summed E-state index contributed by atoms with van der Waals surface area (Å²) >= 11 is 0. The molecule has 4 heteroatoms. The van der Waals surface area contributed by atoms with Crippen LogP contribution >= 0.6 is 0 Å². The van der Waals surface area contributed by atoms with Crippen molar-refractivity contribution >= 4 is 0 Å². The van der Waals surface area contributed by atoms with Crippen molar-refractivity contribution in [3.05, 3.63) is 18.1 Å². The van der Waals surface area contributed by atoms with Gasteiger partial charge in [-0.3, -0.25) is 0 Å². The molecule has 14 heavy (non-hydrogen) atoms. The molecule has 0 amide bonds. The zero-order valence-electron chi connectivity index (χ0n) is 8.77. The maximum absolute atomic E-state index is 9.39. The average molecular weight is 196 g/mol. The molecule has 0 bridgehead atoms. The zero-order chi connectivity index (χ0) is 10.6. The first-order valence-corrected chi connectivity index (χ1v) is 4.78. The normalized spacial score (nSPS) is 14.9. The van der Waals surface area contributed by atoms with E-state index < -0.39 is 6.10 Å². The van der Waals surface area contributed by atoms with Gasteiger partial charge in [0, 0.05) is 12.0 Å². The lowest BCUT2D eigenvalue weighted by atomic mass is 10.0. The molecule has 1 aromatic heterocycles. The monoisotopic (exact) mass is 196 g/mol. The summed E-state index contributed by atoms with van der Waals surface area (Å²) in [5.41, 5.74) is 0.804. The molecule has 1 aromatic rings. The number of ether oxygens (including phenoxy) is 1. The van der Waals surface area contributed by atoms with E-state index >= 15 is 0 Å². The van der Waals surface area contributed by atoms with Gasteiger partial charge < -0.3 is 9.84 Å². The lowest BCUT2D eigenvalue weighted by Gasteiger charge is -2.14. The van der Waals surface area contributed by atoms with Gasteiger partial charge in [0.2, 0.25) is 5.88 Å². The van der Waals surface area contributed by atoms with Crippen molar-refractivity contribution in [2.45, 2.75) is 32.8 Å². The molecule has 1 heterocycles. The lowest BCUT2D eigenvalue weighted by Crippen LogP contribution is -2.12. The van der Waals surface area contributed by atoms with Crippen LogP contribution in [-0.2, 0) is 0 Å². The van der Waals surface area contributed by atoms with Gasteiger partial charge >= 0.3 is 0 Å². The van der Waals surface area contributed by atoms with Crippen LogP contribution in [0.25, 0.3) is 0 Å². The number of hydrogen-bond donors (Lipinski definition) is 1. The van der Waals surface area contributed by atoms with Gasteiger partial charge in [-0.1, -0.05) is 6.92 Å². The van der Waals surface area contributed by atoms with Crippen LogP contribution in [0.1, 0.15) is 32.4 Å². The summed E-state index contributed by atoms with van der Waals surface area (Å²) in [6.07, 6.45) is 1.04. The van der Waals surface area contributed by atoms with Crippen molar-refractivity contribution in [1.29, 1.82) is 0 Å². The molecule has 0 spiro atoms. The van der Waals surface area contributed by atoms with E-state index in [0.717, 1.165) is 5.69 Å². The second-order valence-corrected chi connectivity index (χ2v) is 3.24. The third-order valence-electron chi connectivity index (χ3n) is 2.15. The summed E-state index contributed by atoms with van der Waals surface area (Å²) in [6.45, 7) is 6.15. The van der Waals surface area contributed by atoms with E-state index in [4.69, 9.17) is 4.74 Å². The molecule has 0 fully saturated rings. The summed E-state index contributed by atoms with van der Waals surface area (Å²) in [7, 11) is 0. The molecule has 2 atom stereocenters. The third-order valence-corrected chi connectivity index (χ3v) is 2.15. The Hall–Kier alpha value is -1.16. The van der Waals surface area contributed by atoms with Crippen LogP contribution in [0.5, 0.6) is 5.88 Å². The van der Waals surface area contributed by atoms with Gasteiger partial charge in [0.1, 0.15) is 6.33 Å². The second kappa shape index (κ2) is 4.91. The highest BCUT2D eigenvalue weighted by Gasteiger charge is 2.13. The Morgan fingerprint density at radius 2 is 2.14 bits per heavy atom. The van der Waals surface area contributed by atoms with Crippen molar-refractivity contribution in [2.75, 3.05) is 6.61 Å². The molecule has 1 rings (SSSR count). The fourth-order valence-electron chi connectivity index (χ4n) is 1.08. The van der Waals surface area contributed by atoms with E-state index in [2.05, 4.69) is 9.97 Å². The molecule has 1 N–H and O–H groups in total. The van der Waals surface area contributed by atoms with Gasteiger partial charge in [0.05, 0.1) is 18.4 Å². The minimum absolute atomic E-state index is 0.00259. The number of aliphatic hydroxyl groups excluding tert-OH is 1. The summed E-state index contributed by atoms with van der Waals surface area (Å²) < 4.78 is 5.24. The Balaban J connectivity index is 2.82. The highest BCUT2D eigenvalue weighted by Crippen LogP contribution is 2.19. The van der Waals surface area contributed by atoms with Gasteiger partial charge in [-0.2, -0.15) is 0 Å². The van der Waals surface area contributed by atoms with E-state index in [1.54, 1.807) is 13.0 Å². The summed E-state index contributed by atoms with van der Waals surface area (Å²) in [4.78, 5) is 8.05. The van der Waals surface area contributed by atoms with Crippen molar-refractivity contribution in [1.82, 2.24) is 9.97 Å². The van der Waals surface area contributed by atoms with E-state index in [1.807, 2.05) is 13.8 Å². The molecular weight excluding hydrogens is 180 g/mol. The maximum atomic E-state index is 9.39. The summed E-state index contributed by atoms with van der Waals surface area (Å²) in [6, 6.07) is 1.76. The highest BCUT2D eigenvalue weighted by molar-refractivity contribution is 5.17. The van der Waals surface area contributed by atoms with Crippen LogP contribution in [0.15, 0.2) is 12.4 Å². The van der Waals surface area contributed by atoms with Crippen LogP contribution in [-0.4, -0.2) is 27.8 Å². The highest BCUT2D eigenvalue weighted by atomic mass is 16.5. The standard InChI is InChI=1S/C10H16N2O2/c1-4-14-10-5-9(11-6-12-10)7(2)8(3)13/h5-8,13H,4H2,1-3H3. The quantitative estimate of drug-likeness (QED) is 0.790. The van der Waals surface area contributed by atoms with E-state index in [1.165, 1.54) is 6.33 Å². The van der Waals surface area contributed by atoms with Crippen molar-refractivity contribution in [2.24, 2.45) is 0 Å². The Labute approximate surface area is 84.0 Å². The molecule has 0 aromatic carbocycles. The topological polar surface area (TPSA) is 55.2 Å². The number of rotatable bonds is 4. The molecular formula is C10H16N2O2. The van der Waals surface area contributed by atoms with E-state index in [9.17, 15) is 5.11 Å². The van der Waals surface area contributed by atoms with Crippen LogP contribution in [0.3, 0.4) is 0 Å². The summed E-state index contributed by atoms with van der Waals surface area (Å²) in [5.74, 6) is 0.558. The zero-order valence-corrected chi connectivity index (χ0v) is 8.77. The lowest BCUT2D eigenvalue weighted by molar-refractivity contribution is 0.167. The Kier molecular flexibility index (Phi) is 3.83. The predicted octanol–water partition coefficient (Wildman–Crippen LogP) is 1.36. The molecule has 0 aliphatic rings. The molecule has 4 nitrogen and oxygen atoms in total. The Morgan fingerprint density at radius 3 is 2.71 bits per heavy atom. The first-order valence-electron chi connectivity index (χ1n) is 4.78. The SMILES string of the molecule is CCOc1cc(C(C)C(C)O)ncn1. The van der Waals surface area contributed by atoms with Gasteiger partial charge in [0.25, 0.3) is 0 Å². The molecule has 0 aliphatic heterocycles. The average Bonchev–Trinajstić information content (AvgIpc) is 2.17. The maximum Gasteiger partial charge on any atom is 0.216 e. The molecule has 0 aliphatic carbocycles. The van der Waals surface area contributed by atoms with Gasteiger partial charge in [-0.25, -0.2) is 9.97 Å². The van der Waals surface area contributed by atoms with Crippen LogP contribution in [0.2, 0.25) is 0 Å². The number of nitrogens with zero attached hydrogens (tertiary/aromatic N) is 2. The largest absolute Gasteiger partial charge is 0.478 e. The minimum atomic E-state index is -0.417. The molecule has 0 saturated carbocycles. The molecule has 2 unspecified atom stereocenters. The molecule has 0 saturated heterocycles. The predicted molar refractivity (Wildman–Crippen MR) is 53.3 cm³/mol. The number of hydrogen-bond acceptors (Lipinski definition) is 4. The van der Waals surface area contributed by atoms with Crippen LogP contribution in [0, 0.1) is 0 Å². The molecule has 0 radical (unpaired) electrons. The second-order valence-electron chi connectivity index (χ2n) is 3.24. The van der Waals surface area contributed by atoms with Crippen LogP contribution < -0.4 is 4.74 Å². The van der Waals surface area contributed by atoms with E-state index in [0.29, 0.717) is 12.5 Å².